The SMILES string of the molecule is O=C(O)c1ccccc1C1CC(=O)N(c2cnn3c2CN(C(=O)c2cc4ccccc4[nH]2)CC3)C1. The average molecular weight is 470 g/mol. The lowest BCUT2D eigenvalue weighted by atomic mass is 9.93. The van der Waals surface area contributed by atoms with Gasteiger partial charge in [0.05, 0.1) is 36.2 Å². The summed E-state index contributed by atoms with van der Waals surface area (Å²) in [4.78, 5) is 44.6. The van der Waals surface area contributed by atoms with Crippen molar-refractivity contribution in [3.05, 3.63) is 83.3 Å². The quantitative estimate of drug-likeness (QED) is 0.477. The first-order valence-corrected chi connectivity index (χ1v) is 11.5. The molecule has 0 aliphatic carbocycles. The predicted octanol–water partition coefficient (Wildman–Crippen LogP) is 3.24. The predicted molar refractivity (Wildman–Crippen MR) is 128 cm³/mol. The zero-order valence-electron chi connectivity index (χ0n) is 18.8. The molecule has 2 aliphatic heterocycles. The molecule has 1 fully saturated rings. The van der Waals surface area contributed by atoms with Crippen molar-refractivity contribution in [3.8, 4) is 0 Å². The number of hydrogen-bond acceptors (Lipinski definition) is 4. The number of amides is 2. The number of nitrogens with zero attached hydrogens (tertiary/aromatic N) is 4. The molecule has 2 amide bonds. The highest BCUT2D eigenvalue weighted by Crippen LogP contribution is 2.36. The summed E-state index contributed by atoms with van der Waals surface area (Å²) < 4.78 is 1.84. The van der Waals surface area contributed by atoms with Gasteiger partial charge in [-0.25, -0.2) is 4.79 Å². The van der Waals surface area contributed by atoms with Gasteiger partial charge in [-0.15, -0.1) is 0 Å². The van der Waals surface area contributed by atoms with Gasteiger partial charge in [-0.3, -0.25) is 14.3 Å². The van der Waals surface area contributed by atoms with Crippen LogP contribution in [0.25, 0.3) is 10.9 Å². The number of para-hydroxylation sites is 1. The van der Waals surface area contributed by atoms with Crippen LogP contribution >= 0.6 is 0 Å². The molecule has 2 aromatic carbocycles. The van der Waals surface area contributed by atoms with Crippen LogP contribution in [0.4, 0.5) is 5.69 Å². The van der Waals surface area contributed by atoms with E-state index in [-0.39, 0.29) is 29.7 Å². The number of carbonyl (C=O) groups is 3. The number of nitrogens with one attached hydrogen (secondary N) is 1. The molecule has 0 radical (unpaired) electrons. The minimum absolute atomic E-state index is 0.0786. The number of benzene rings is 2. The first-order chi connectivity index (χ1) is 17.0. The summed E-state index contributed by atoms with van der Waals surface area (Å²) in [6.07, 6.45) is 1.91. The average Bonchev–Trinajstić information content (AvgIpc) is 3.59. The van der Waals surface area contributed by atoms with Crippen molar-refractivity contribution in [2.75, 3.05) is 18.0 Å². The Hall–Kier alpha value is -4.40. The lowest BCUT2D eigenvalue weighted by Gasteiger charge is -2.29. The molecule has 2 aliphatic rings. The largest absolute Gasteiger partial charge is 0.478 e. The van der Waals surface area contributed by atoms with E-state index >= 15 is 0 Å². The second kappa shape index (κ2) is 8.12. The number of carboxylic acid groups (broad SMARTS) is 1. The lowest BCUT2D eigenvalue weighted by Crippen LogP contribution is -2.39. The van der Waals surface area contributed by atoms with Gasteiger partial charge in [0.25, 0.3) is 5.91 Å². The van der Waals surface area contributed by atoms with Crippen molar-refractivity contribution in [3.63, 3.8) is 0 Å². The maximum Gasteiger partial charge on any atom is 0.335 e. The molecule has 6 rings (SSSR count). The van der Waals surface area contributed by atoms with Gasteiger partial charge in [-0.05, 0) is 23.8 Å². The topological polar surface area (TPSA) is 112 Å². The van der Waals surface area contributed by atoms with Gasteiger partial charge in [-0.1, -0.05) is 36.4 Å². The summed E-state index contributed by atoms with van der Waals surface area (Å²) in [6, 6.07) is 16.5. The Bertz CT molecular complexity index is 1450. The maximum atomic E-state index is 13.3. The molecule has 2 aromatic heterocycles. The molecule has 1 unspecified atom stereocenters. The van der Waals surface area contributed by atoms with Gasteiger partial charge in [0.2, 0.25) is 5.91 Å². The van der Waals surface area contributed by atoms with Crippen LogP contribution in [0.1, 0.15) is 44.4 Å². The molecule has 0 spiro atoms. The van der Waals surface area contributed by atoms with Crippen LogP contribution in [0.3, 0.4) is 0 Å². The molecule has 0 saturated carbocycles. The molecule has 2 N–H and O–H groups in total. The van der Waals surface area contributed by atoms with Crippen molar-refractivity contribution < 1.29 is 19.5 Å². The third-order valence-corrected chi connectivity index (χ3v) is 6.94. The molecular formula is C26H23N5O4. The highest BCUT2D eigenvalue weighted by Gasteiger charge is 2.37. The summed E-state index contributed by atoms with van der Waals surface area (Å²) >= 11 is 0. The highest BCUT2D eigenvalue weighted by atomic mass is 16.4. The van der Waals surface area contributed by atoms with E-state index in [1.807, 2.05) is 35.0 Å². The summed E-state index contributed by atoms with van der Waals surface area (Å²) in [7, 11) is 0. The van der Waals surface area contributed by atoms with Crippen LogP contribution in [0, 0.1) is 0 Å². The molecule has 4 aromatic rings. The number of aromatic nitrogens is 3. The van der Waals surface area contributed by atoms with Gasteiger partial charge in [0.1, 0.15) is 5.69 Å². The monoisotopic (exact) mass is 469 g/mol. The van der Waals surface area contributed by atoms with E-state index in [0.717, 1.165) is 16.6 Å². The Kier molecular flexibility index (Phi) is 4.91. The summed E-state index contributed by atoms with van der Waals surface area (Å²) in [6.45, 7) is 1.76. The van der Waals surface area contributed by atoms with Crippen LogP contribution in [-0.2, 0) is 17.9 Å². The molecule has 1 saturated heterocycles. The highest BCUT2D eigenvalue weighted by molar-refractivity contribution is 5.99. The first kappa shape index (κ1) is 21.2. The number of rotatable bonds is 4. The van der Waals surface area contributed by atoms with Crippen molar-refractivity contribution in [1.82, 2.24) is 19.7 Å². The summed E-state index contributed by atoms with van der Waals surface area (Å²) in [5, 5.41) is 15.0. The molecule has 0 bridgehead atoms. The van der Waals surface area contributed by atoms with E-state index in [4.69, 9.17) is 0 Å². The van der Waals surface area contributed by atoms with E-state index in [9.17, 15) is 19.5 Å². The van der Waals surface area contributed by atoms with Crippen molar-refractivity contribution in [2.24, 2.45) is 0 Å². The fourth-order valence-electron chi connectivity index (χ4n) is 5.19. The third kappa shape index (κ3) is 3.56. The van der Waals surface area contributed by atoms with Crippen LogP contribution in [0.2, 0.25) is 0 Å². The number of anilines is 1. The van der Waals surface area contributed by atoms with Crippen LogP contribution in [-0.4, -0.2) is 55.6 Å². The van der Waals surface area contributed by atoms with Gasteiger partial charge in [0.15, 0.2) is 0 Å². The number of fused-ring (bicyclic) bond motifs is 2. The Morgan fingerprint density at radius 3 is 2.69 bits per heavy atom. The smallest absolute Gasteiger partial charge is 0.335 e. The number of carboxylic acids is 1. The van der Waals surface area contributed by atoms with E-state index in [1.165, 1.54) is 0 Å². The molecule has 176 valence electrons. The number of hydrogen-bond donors (Lipinski definition) is 2. The second-order valence-corrected chi connectivity index (χ2v) is 8.99. The number of carbonyl (C=O) groups excluding carboxylic acids is 2. The van der Waals surface area contributed by atoms with Gasteiger partial charge in [0, 0.05) is 36.3 Å². The van der Waals surface area contributed by atoms with Gasteiger partial charge in [-0.2, -0.15) is 5.10 Å². The molecular weight excluding hydrogens is 446 g/mol. The third-order valence-electron chi connectivity index (χ3n) is 6.94. The minimum Gasteiger partial charge on any atom is -0.478 e. The number of aromatic carboxylic acids is 1. The Labute approximate surface area is 200 Å². The maximum absolute atomic E-state index is 13.3. The fourth-order valence-corrected chi connectivity index (χ4v) is 5.19. The Morgan fingerprint density at radius 1 is 1.06 bits per heavy atom. The van der Waals surface area contributed by atoms with Crippen molar-refractivity contribution >= 4 is 34.4 Å². The molecule has 9 nitrogen and oxygen atoms in total. The summed E-state index contributed by atoms with van der Waals surface area (Å²) in [5.74, 6) is -1.40. The molecule has 35 heavy (non-hydrogen) atoms. The summed E-state index contributed by atoms with van der Waals surface area (Å²) in [5.41, 5.74) is 3.81. The molecule has 4 heterocycles. The number of H-pyrrole nitrogens is 1. The molecule has 9 heteroatoms. The zero-order valence-corrected chi connectivity index (χ0v) is 18.8. The van der Waals surface area contributed by atoms with Crippen LogP contribution in [0.5, 0.6) is 0 Å². The normalized spacial score (nSPS) is 17.7. The van der Waals surface area contributed by atoms with E-state index in [0.29, 0.717) is 43.1 Å². The van der Waals surface area contributed by atoms with Gasteiger partial charge >= 0.3 is 5.97 Å². The minimum atomic E-state index is -0.999. The van der Waals surface area contributed by atoms with Gasteiger partial charge < -0.3 is 19.9 Å². The van der Waals surface area contributed by atoms with E-state index in [2.05, 4.69) is 10.1 Å². The zero-order chi connectivity index (χ0) is 24.1. The standard InChI is InChI=1S/C26H23N5O4/c32-24-12-17(18-6-2-3-7-19(18)26(34)35)14-30(24)22-13-27-31-10-9-29(15-23(22)31)25(33)21-11-16-5-1-4-8-20(16)28-21/h1-8,11,13,17,28H,9-10,12,14-15H2,(H,34,35). The van der Waals surface area contributed by atoms with E-state index < -0.39 is 5.97 Å². The lowest BCUT2D eigenvalue weighted by molar-refractivity contribution is -0.117. The fraction of sp³-hybridized carbons (Fsp3) is 0.231. The van der Waals surface area contributed by atoms with Crippen LogP contribution < -0.4 is 4.90 Å². The number of aromatic amines is 1. The Morgan fingerprint density at radius 2 is 1.86 bits per heavy atom. The first-order valence-electron chi connectivity index (χ1n) is 11.5. The van der Waals surface area contributed by atoms with Crippen molar-refractivity contribution in [1.29, 1.82) is 0 Å². The van der Waals surface area contributed by atoms with Crippen LogP contribution in [0.15, 0.2) is 60.8 Å². The van der Waals surface area contributed by atoms with E-state index in [1.54, 1.807) is 40.3 Å². The van der Waals surface area contributed by atoms with Crippen molar-refractivity contribution in [2.45, 2.75) is 25.4 Å². The Balaban J connectivity index is 1.26. The second-order valence-electron chi connectivity index (χ2n) is 8.99. The molecule has 1 atom stereocenters.